The van der Waals surface area contributed by atoms with Crippen LogP contribution in [0.25, 0.3) is 110 Å². The molecule has 0 unspecified atom stereocenters. The van der Waals surface area contributed by atoms with Gasteiger partial charge in [-0.3, -0.25) is 24.6 Å². The number of H-pyrrole nitrogens is 2. The topological polar surface area (TPSA) is 262 Å². The number of aromatic nitrogens is 10. The molecule has 1 saturated carbocycles. The summed E-state index contributed by atoms with van der Waals surface area (Å²) in [5.74, 6) is 1.20. The number of morpholine rings is 2. The second kappa shape index (κ2) is 26.1. The van der Waals surface area contributed by atoms with Crippen LogP contribution in [0.5, 0.6) is 11.5 Å². The molecule has 0 atom stereocenters. The third-order valence-corrected chi connectivity index (χ3v) is 18.8. The van der Waals surface area contributed by atoms with Crippen LogP contribution in [-0.2, 0) is 9.47 Å². The number of fused-ring (bicyclic) bond motifs is 8. The molecule has 22 heteroatoms. The Hall–Kier alpha value is -9.74. The monoisotopic (exact) mass is 1250 g/mol. The Morgan fingerprint density at radius 3 is 1.43 bits per heavy atom. The van der Waals surface area contributed by atoms with Gasteiger partial charge in [0.05, 0.1) is 96.4 Å². The van der Waals surface area contributed by atoms with E-state index in [0.29, 0.717) is 70.2 Å². The average Bonchev–Trinajstić information content (AvgIpc) is 1.64. The van der Waals surface area contributed by atoms with Crippen molar-refractivity contribution in [3.63, 3.8) is 0 Å². The zero-order valence-electron chi connectivity index (χ0n) is 53.0. The highest BCUT2D eigenvalue weighted by atomic mass is 16.5. The Morgan fingerprint density at radius 1 is 0.527 bits per heavy atom. The number of aromatic carboxylic acids is 1. The number of hydrogen-bond donors (Lipinski definition) is 3. The fourth-order valence-corrected chi connectivity index (χ4v) is 14.2. The number of carbonyl (C=O) groups is 2. The molecule has 4 aliphatic rings. The molecule has 1 aliphatic carbocycles. The van der Waals surface area contributed by atoms with Crippen LogP contribution < -0.4 is 9.47 Å². The number of aryl methyl sites for hydroxylation is 4. The maximum atomic E-state index is 14.1. The second-order valence-electron chi connectivity index (χ2n) is 24.3. The number of benzene rings is 4. The number of carbonyl (C=O) groups excluding carboxylic acids is 1. The zero-order valence-corrected chi connectivity index (χ0v) is 53.0. The van der Waals surface area contributed by atoms with Crippen molar-refractivity contribution in [3.8, 4) is 56.3 Å². The Labute approximate surface area is 535 Å². The molecule has 0 bridgehead atoms. The van der Waals surface area contributed by atoms with Crippen molar-refractivity contribution in [3.05, 3.63) is 132 Å². The number of piperidine rings is 1. The minimum absolute atomic E-state index is 0.158. The molecule has 16 rings (SSSR count). The van der Waals surface area contributed by atoms with Gasteiger partial charge in [-0.25, -0.2) is 24.7 Å². The Balaban J connectivity index is 0.000000140. The van der Waals surface area contributed by atoms with Crippen molar-refractivity contribution in [2.75, 3.05) is 79.9 Å². The maximum Gasteiger partial charge on any atom is 0.374 e. The lowest BCUT2D eigenvalue weighted by atomic mass is 9.94. The van der Waals surface area contributed by atoms with Gasteiger partial charge >= 0.3 is 5.97 Å². The molecular formula is C71H73N13O9. The highest BCUT2D eigenvalue weighted by molar-refractivity contribution is 6.18. The lowest BCUT2D eigenvalue weighted by molar-refractivity contribution is 0.00146. The van der Waals surface area contributed by atoms with E-state index in [9.17, 15) is 14.7 Å². The first-order valence-corrected chi connectivity index (χ1v) is 32.0. The van der Waals surface area contributed by atoms with Gasteiger partial charge in [0.1, 0.15) is 34.3 Å². The number of pyridine rings is 2. The van der Waals surface area contributed by atoms with E-state index in [-0.39, 0.29) is 17.6 Å². The number of carboxylic acids is 1. The van der Waals surface area contributed by atoms with E-state index < -0.39 is 5.97 Å². The predicted molar refractivity (Wildman–Crippen MR) is 355 cm³/mol. The standard InChI is InChI=1S/C35H35N7O4.C26H19N5O4.C10H19NO/c1-20-30(21(2)46-40-20)26-18-28-25(19-29(26)44-3)31-32(24-8-11-36-27-7-5-4-6-23(24)27)38-34(39-33(31)37-28)35(43)42-12-9-22(10-13-42)41-14-16-45-17-15-41;1-12-21(13(2)35-31-12)17-10-19-16(11-20(17)34-3)22-23(29-25(26(32)33)30-24(22)28-19)15-8-9-27-18-7-5-4-6-14(15)18;1-2-4-10(5-3-1)11-6-8-12-9-7-11/h4-8,11,18-19,22H,9-10,12-17H2,1-3H3,(H,37,38,39);4-11H,1-3H3,(H,32,33)(H,28,29,30);10H,1-9H2. The number of methoxy groups -OCH3 is 2. The van der Waals surface area contributed by atoms with Crippen LogP contribution in [0.2, 0.25) is 0 Å². The molecule has 0 radical (unpaired) electrons. The number of nitrogens with zero attached hydrogens (tertiary/aromatic N) is 11. The smallest absolute Gasteiger partial charge is 0.374 e. The van der Waals surface area contributed by atoms with E-state index in [1.807, 2.05) is 118 Å². The van der Waals surface area contributed by atoms with Gasteiger partial charge in [-0.15, -0.1) is 0 Å². The van der Waals surface area contributed by atoms with Crippen LogP contribution in [0.3, 0.4) is 0 Å². The number of carboxylic acid groups (broad SMARTS) is 1. The number of rotatable bonds is 10. The SMILES string of the molecule is C1CCC(N2CCOCC2)CC1.COc1cc2c(cc1-c1c(C)noc1C)[nH]c1nc(C(=O)N3CCC(N4CCOCC4)CC3)nc(-c3ccnc4ccccc34)c12.COc1cc2c(cc1-c1c(C)noc1C)[nH]c1nc(C(=O)O)nc(-c3ccnc4ccccc34)c12. The first-order valence-electron chi connectivity index (χ1n) is 32.0. The van der Waals surface area contributed by atoms with Crippen molar-refractivity contribution >= 4 is 77.6 Å². The summed E-state index contributed by atoms with van der Waals surface area (Å²) in [7, 11) is 3.26. The maximum absolute atomic E-state index is 14.1. The van der Waals surface area contributed by atoms with Crippen molar-refractivity contribution in [2.24, 2.45) is 0 Å². The summed E-state index contributed by atoms with van der Waals surface area (Å²) in [4.78, 5) is 67.5. The number of para-hydroxylation sites is 2. The molecule has 4 fully saturated rings. The van der Waals surface area contributed by atoms with Crippen molar-refractivity contribution in [1.82, 2.24) is 64.9 Å². The molecule has 3 N–H and O–H groups in total. The van der Waals surface area contributed by atoms with Crippen LogP contribution in [0.1, 0.15) is 89.1 Å². The van der Waals surface area contributed by atoms with E-state index in [2.05, 4.69) is 50.0 Å². The zero-order chi connectivity index (χ0) is 63.9. The second-order valence-corrected chi connectivity index (χ2v) is 24.3. The van der Waals surface area contributed by atoms with Gasteiger partial charge in [0.15, 0.2) is 0 Å². The highest BCUT2D eigenvalue weighted by Crippen LogP contribution is 2.45. The molecule has 4 aromatic carbocycles. The fourth-order valence-electron chi connectivity index (χ4n) is 14.2. The van der Waals surface area contributed by atoms with Crippen LogP contribution in [0.15, 0.2) is 106 Å². The third kappa shape index (κ3) is 11.8. The molecule has 11 heterocycles. The molecule has 1 amide bonds. The minimum Gasteiger partial charge on any atom is -0.496 e. The lowest BCUT2D eigenvalue weighted by Gasteiger charge is -2.39. The number of aromatic amines is 2. The van der Waals surface area contributed by atoms with Gasteiger partial charge in [-0.05, 0) is 102 Å². The summed E-state index contributed by atoms with van der Waals surface area (Å²) < 4.78 is 33.4. The number of likely N-dealkylation sites (tertiary alicyclic amines) is 1. The van der Waals surface area contributed by atoms with Gasteiger partial charge in [-0.1, -0.05) is 66.0 Å². The van der Waals surface area contributed by atoms with E-state index in [0.717, 1.165) is 152 Å². The van der Waals surface area contributed by atoms with Gasteiger partial charge < -0.3 is 48.0 Å². The molecule has 93 heavy (non-hydrogen) atoms. The molecule has 12 aromatic rings. The molecule has 3 aliphatic heterocycles. The normalized spacial score (nSPS) is 16.3. The summed E-state index contributed by atoms with van der Waals surface area (Å²) in [6, 6.07) is 28.7. The minimum atomic E-state index is -1.21. The van der Waals surface area contributed by atoms with Gasteiger partial charge in [0, 0.05) is 119 Å². The summed E-state index contributed by atoms with van der Waals surface area (Å²) in [6.45, 7) is 16.6. The Morgan fingerprint density at radius 2 is 0.978 bits per heavy atom. The largest absolute Gasteiger partial charge is 0.496 e. The first kappa shape index (κ1) is 60.8. The molecule has 22 nitrogen and oxygen atoms in total. The molecule has 8 aromatic heterocycles. The van der Waals surface area contributed by atoms with Crippen LogP contribution in [0.4, 0.5) is 0 Å². The number of hydrogen-bond acceptors (Lipinski definition) is 18. The molecule has 0 spiro atoms. The average molecular weight is 1250 g/mol. The Bertz CT molecular complexity index is 4710. The highest BCUT2D eigenvalue weighted by Gasteiger charge is 2.32. The number of nitrogens with one attached hydrogen (secondary N) is 2. The van der Waals surface area contributed by atoms with Crippen molar-refractivity contribution < 1.29 is 42.7 Å². The van der Waals surface area contributed by atoms with E-state index >= 15 is 0 Å². The van der Waals surface area contributed by atoms with Crippen LogP contribution >= 0.6 is 0 Å². The van der Waals surface area contributed by atoms with Crippen molar-refractivity contribution in [2.45, 2.75) is 84.7 Å². The molecule has 476 valence electrons. The summed E-state index contributed by atoms with van der Waals surface area (Å²) in [5, 5.41) is 23.0. The predicted octanol–water partition coefficient (Wildman–Crippen LogP) is 12.5. The van der Waals surface area contributed by atoms with E-state index in [1.165, 1.54) is 45.2 Å². The Kier molecular flexibility index (Phi) is 17.1. The quantitative estimate of drug-likeness (QED) is 0.115. The molecule has 3 saturated heterocycles. The first-order chi connectivity index (χ1) is 45.4. The van der Waals surface area contributed by atoms with Gasteiger partial charge in [-0.2, -0.15) is 0 Å². The van der Waals surface area contributed by atoms with Crippen LogP contribution in [0, 0.1) is 27.7 Å². The summed E-state index contributed by atoms with van der Waals surface area (Å²) in [5.41, 5.74) is 12.0. The number of ether oxygens (including phenoxy) is 4. The van der Waals surface area contributed by atoms with Gasteiger partial charge in [0.2, 0.25) is 11.6 Å². The van der Waals surface area contributed by atoms with E-state index in [1.54, 1.807) is 26.6 Å². The third-order valence-electron chi connectivity index (χ3n) is 18.8. The van der Waals surface area contributed by atoms with Gasteiger partial charge in [0.25, 0.3) is 5.91 Å². The fraction of sp³-hybridized carbons (Fsp3) is 0.352. The summed E-state index contributed by atoms with van der Waals surface area (Å²) in [6.07, 6.45) is 12.5. The lowest BCUT2D eigenvalue weighted by Crippen LogP contribution is -2.50. The molecular weight excluding hydrogens is 1180 g/mol. The number of amides is 1. The summed E-state index contributed by atoms with van der Waals surface area (Å²) >= 11 is 0. The van der Waals surface area contributed by atoms with E-state index in [4.69, 9.17) is 38.0 Å². The van der Waals surface area contributed by atoms with Crippen molar-refractivity contribution in [1.29, 1.82) is 0 Å². The van der Waals surface area contributed by atoms with Crippen LogP contribution in [-0.4, -0.2) is 174 Å².